The summed E-state index contributed by atoms with van der Waals surface area (Å²) < 4.78 is 0. The molecule has 4 heteroatoms. The molecule has 0 unspecified atom stereocenters. The summed E-state index contributed by atoms with van der Waals surface area (Å²) in [7, 11) is 0. The Kier molecular flexibility index (Phi) is 3.89. The summed E-state index contributed by atoms with van der Waals surface area (Å²) in [6, 6.07) is 8.26. The van der Waals surface area contributed by atoms with Crippen LogP contribution in [0.2, 0.25) is 0 Å². The van der Waals surface area contributed by atoms with Crippen LogP contribution in [0.1, 0.15) is 38.8 Å². The van der Waals surface area contributed by atoms with E-state index in [-0.39, 0.29) is 11.4 Å². The van der Waals surface area contributed by atoms with Crippen molar-refractivity contribution in [1.82, 2.24) is 0 Å². The summed E-state index contributed by atoms with van der Waals surface area (Å²) >= 11 is 0. The third kappa shape index (κ3) is 3.90. The van der Waals surface area contributed by atoms with Crippen LogP contribution in [0.25, 0.3) is 0 Å². The van der Waals surface area contributed by atoms with E-state index in [9.17, 15) is 0 Å². The summed E-state index contributed by atoms with van der Waals surface area (Å²) in [5.41, 5.74) is 13.7. The van der Waals surface area contributed by atoms with E-state index in [0.29, 0.717) is 0 Å². The monoisotopic (exact) mass is 232 g/mol. The van der Waals surface area contributed by atoms with Crippen molar-refractivity contribution >= 4 is 11.7 Å². The summed E-state index contributed by atoms with van der Waals surface area (Å²) in [6.07, 6.45) is 0. The molecule has 0 radical (unpaired) electrons. The normalized spacial score (nSPS) is 12.4. The average Bonchev–Trinajstić information content (AvgIpc) is 2.25. The number of nitrogens with zero attached hydrogens (tertiary/aromatic N) is 2. The maximum atomic E-state index is 5.22. The molecular weight excluding hydrogens is 212 g/mol. The fourth-order valence-corrected chi connectivity index (χ4v) is 1.40. The lowest BCUT2D eigenvalue weighted by atomic mass is 9.86. The molecule has 4 nitrogen and oxygen atoms in total. The Morgan fingerprint density at radius 3 is 1.94 bits per heavy atom. The molecule has 1 aromatic carbocycles. The quantitative estimate of drug-likeness (QED) is 0.464. The Morgan fingerprint density at radius 1 is 1.00 bits per heavy atom. The van der Waals surface area contributed by atoms with Gasteiger partial charge in [-0.25, -0.2) is 0 Å². The minimum atomic E-state index is -0.0318. The van der Waals surface area contributed by atoms with Crippen LogP contribution in [0.5, 0.6) is 0 Å². The second kappa shape index (κ2) is 4.99. The third-order valence-corrected chi connectivity index (χ3v) is 2.48. The van der Waals surface area contributed by atoms with Crippen LogP contribution in [-0.4, -0.2) is 11.7 Å². The van der Waals surface area contributed by atoms with Crippen molar-refractivity contribution in [3.05, 3.63) is 35.4 Å². The van der Waals surface area contributed by atoms with Gasteiger partial charge in [-0.15, -0.1) is 5.10 Å². The summed E-state index contributed by atoms with van der Waals surface area (Å²) in [6.45, 7) is 8.42. The molecule has 92 valence electrons. The summed E-state index contributed by atoms with van der Waals surface area (Å²) in [4.78, 5) is 0. The molecule has 4 N–H and O–H groups in total. The molecule has 0 aliphatic rings. The SMILES string of the molecule is C/C(=N\N=C(N)N)c1ccc(C(C)(C)C)cc1. The highest BCUT2D eigenvalue weighted by atomic mass is 15.3. The summed E-state index contributed by atoms with van der Waals surface area (Å²) in [5, 5.41) is 7.57. The van der Waals surface area contributed by atoms with Crippen LogP contribution in [0.3, 0.4) is 0 Å². The zero-order valence-corrected chi connectivity index (χ0v) is 10.9. The first kappa shape index (κ1) is 13.2. The van der Waals surface area contributed by atoms with E-state index in [0.717, 1.165) is 11.3 Å². The van der Waals surface area contributed by atoms with E-state index in [1.54, 1.807) is 0 Å². The average molecular weight is 232 g/mol. The van der Waals surface area contributed by atoms with Gasteiger partial charge in [0.2, 0.25) is 5.96 Å². The molecule has 0 heterocycles. The largest absolute Gasteiger partial charge is 0.369 e. The van der Waals surface area contributed by atoms with Crippen LogP contribution >= 0.6 is 0 Å². The van der Waals surface area contributed by atoms with Crippen LogP contribution < -0.4 is 11.5 Å². The van der Waals surface area contributed by atoms with Crippen molar-refractivity contribution in [1.29, 1.82) is 0 Å². The Hall–Kier alpha value is -1.84. The van der Waals surface area contributed by atoms with E-state index >= 15 is 0 Å². The maximum absolute atomic E-state index is 5.22. The zero-order chi connectivity index (χ0) is 13.1. The van der Waals surface area contributed by atoms with Gasteiger partial charge in [-0.05, 0) is 23.5 Å². The van der Waals surface area contributed by atoms with Crippen molar-refractivity contribution in [2.24, 2.45) is 21.7 Å². The fraction of sp³-hybridized carbons (Fsp3) is 0.385. The molecule has 1 aromatic rings. The summed E-state index contributed by atoms with van der Waals surface area (Å²) in [5.74, 6) is -0.0318. The van der Waals surface area contributed by atoms with Gasteiger partial charge in [0.15, 0.2) is 0 Å². The molecule has 0 aromatic heterocycles. The highest BCUT2D eigenvalue weighted by molar-refractivity contribution is 5.99. The lowest BCUT2D eigenvalue weighted by Gasteiger charge is -2.19. The van der Waals surface area contributed by atoms with Crippen molar-refractivity contribution < 1.29 is 0 Å². The molecule has 0 saturated heterocycles. The van der Waals surface area contributed by atoms with Crippen molar-refractivity contribution in [3.8, 4) is 0 Å². The van der Waals surface area contributed by atoms with Crippen LogP contribution in [0.4, 0.5) is 0 Å². The van der Waals surface area contributed by atoms with Gasteiger partial charge in [0, 0.05) is 0 Å². The van der Waals surface area contributed by atoms with Crippen LogP contribution in [-0.2, 0) is 5.41 Å². The van der Waals surface area contributed by atoms with Crippen LogP contribution in [0, 0.1) is 0 Å². The van der Waals surface area contributed by atoms with Crippen molar-refractivity contribution in [2.75, 3.05) is 0 Å². The topological polar surface area (TPSA) is 76.8 Å². The Bertz CT molecular complexity index is 431. The Balaban J connectivity index is 2.96. The van der Waals surface area contributed by atoms with Gasteiger partial charge in [0.1, 0.15) is 0 Å². The van der Waals surface area contributed by atoms with Gasteiger partial charge in [-0.1, -0.05) is 45.0 Å². The van der Waals surface area contributed by atoms with Crippen molar-refractivity contribution in [2.45, 2.75) is 33.1 Å². The minimum Gasteiger partial charge on any atom is -0.369 e. The number of hydrogen-bond acceptors (Lipinski definition) is 2. The minimum absolute atomic E-state index is 0.0318. The predicted octanol–water partition coefficient (Wildman–Crippen LogP) is 1.98. The molecule has 0 spiro atoms. The standard InChI is InChI=1S/C13H20N4/c1-9(16-17-12(14)15)10-5-7-11(8-6-10)13(2,3)4/h5-8H,1-4H3,(H4,14,15,17)/b16-9+. The van der Waals surface area contributed by atoms with Crippen molar-refractivity contribution in [3.63, 3.8) is 0 Å². The predicted molar refractivity (Wildman–Crippen MR) is 73.2 cm³/mol. The first-order valence-corrected chi connectivity index (χ1v) is 5.55. The van der Waals surface area contributed by atoms with E-state index in [1.165, 1.54) is 5.56 Å². The van der Waals surface area contributed by atoms with Crippen LogP contribution in [0.15, 0.2) is 34.5 Å². The first-order valence-electron chi connectivity index (χ1n) is 5.55. The third-order valence-electron chi connectivity index (χ3n) is 2.48. The van der Waals surface area contributed by atoms with Gasteiger partial charge in [0.25, 0.3) is 0 Å². The molecule has 0 fully saturated rings. The Morgan fingerprint density at radius 2 is 1.53 bits per heavy atom. The molecule has 0 saturated carbocycles. The molecular formula is C13H20N4. The van der Waals surface area contributed by atoms with E-state index in [1.807, 2.05) is 19.1 Å². The van der Waals surface area contributed by atoms with Gasteiger partial charge >= 0.3 is 0 Å². The molecule has 0 aliphatic carbocycles. The second-order valence-corrected chi connectivity index (χ2v) is 5.04. The maximum Gasteiger partial charge on any atom is 0.211 e. The van der Waals surface area contributed by atoms with E-state index in [2.05, 4.69) is 43.1 Å². The van der Waals surface area contributed by atoms with Gasteiger partial charge < -0.3 is 11.5 Å². The number of hydrogen-bond donors (Lipinski definition) is 2. The lowest BCUT2D eigenvalue weighted by molar-refractivity contribution is 0.590. The number of guanidine groups is 1. The molecule has 0 atom stereocenters. The molecule has 17 heavy (non-hydrogen) atoms. The molecule has 0 bridgehead atoms. The number of nitrogens with two attached hydrogens (primary N) is 2. The highest BCUT2D eigenvalue weighted by Gasteiger charge is 2.12. The highest BCUT2D eigenvalue weighted by Crippen LogP contribution is 2.22. The first-order chi connectivity index (χ1) is 7.80. The van der Waals surface area contributed by atoms with E-state index < -0.39 is 0 Å². The second-order valence-electron chi connectivity index (χ2n) is 5.04. The Labute approximate surface area is 102 Å². The zero-order valence-electron chi connectivity index (χ0n) is 10.9. The smallest absolute Gasteiger partial charge is 0.211 e. The number of benzene rings is 1. The molecule has 0 amide bonds. The van der Waals surface area contributed by atoms with Gasteiger partial charge in [0.05, 0.1) is 5.71 Å². The van der Waals surface area contributed by atoms with E-state index in [4.69, 9.17) is 11.5 Å². The number of rotatable bonds is 2. The van der Waals surface area contributed by atoms with Gasteiger partial charge in [-0.3, -0.25) is 0 Å². The van der Waals surface area contributed by atoms with Gasteiger partial charge in [-0.2, -0.15) is 5.10 Å². The molecule has 1 rings (SSSR count). The fourth-order valence-electron chi connectivity index (χ4n) is 1.40. The lowest BCUT2D eigenvalue weighted by Crippen LogP contribution is -2.22. The molecule has 0 aliphatic heterocycles.